The first-order chi connectivity index (χ1) is 18.4. The second kappa shape index (κ2) is 13.3. The monoisotopic (exact) mass is 562 g/mol. The van der Waals surface area contributed by atoms with E-state index in [0.717, 1.165) is 38.3 Å². The number of carboxylic acid groups (broad SMARTS) is 1. The molecule has 10 heteroatoms. The summed E-state index contributed by atoms with van der Waals surface area (Å²) in [5, 5.41) is 32.3. The van der Waals surface area contributed by atoms with Crippen LogP contribution in [0.1, 0.15) is 46.6 Å². The van der Waals surface area contributed by atoms with Gasteiger partial charge in [0.25, 0.3) is 0 Å². The lowest BCUT2D eigenvalue weighted by atomic mass is 9.49. The smallest absolute Gasteiger partial charge is 0.329 e. The lowest BCUT2D eigenvalue weighted by Gasteiger charge is -2.63. The number of nitriles is 1. The third-order valence-corrected chi connectivity index (χ3v) is 8.50. The van der Waals surface area contributed by atoms with Crippen LogP contribution in [0.3, 0.4) is 0 Å². The third-order valence-electron chi connectivity index (χ3n) is 8.19. The van der Waals surface area contributed by atoms with Crippen LogP contribution in [0.2, 0.25) is 5.02 Å². The van der Waals surface area contributed by atoms with Gasteiger partial charge in [-0.05, 0) is 24.1 Å². The number of rotatable bonds is 13. The number of piperazine rings is 1. The minimum atomic E-state index is -0.953. The largest absolute Gasteiger partial charge is 0.489 e. The van der Waals surface area contributed by atoms with E-state index in [1.54, 1.807) is 18.2 Å². The van der Waals surface area contributed by atoms with Crippen LogP contribution in [0.25, 0.3) is 0 Å². The maximum atomic E-state index is 10.6. The quantitative estimate of drug-likeness (QED) is 0.311. The molecule has 1 saturated carbocycles. The molecule has 2 fully saturated rings. The fourth-order valence-corrected chi connectivity index (χ4v) is 6.65. The van der Waals surface area contributed by atoms with E-state index in [1.165, 1.54) is 5.57 Å². The predicted molar refractivity (Wildman–Crippen MR) is 151 cm³/mol. The van der Waals surface area contributed by atoms with E-state index < -0.39 is 5.97 Å². The lowest BCUT2D eigenvalue weighted by molar-refractivity contribution is -0.167. The Morgan fingerprint density at radius 1 is 1.21 bits per heavy atom. The SMILES string of the molecule is CC/C(CN[C@H]1C(C)(C)[C@H](Oc2ccc(C#N)c(Cl)c2)C1(C)C)=C(/CO)N1CCN(CCOCC(=O)O)CC1. The van der Waals surface area contributed by atoms with Gasteiger partial charge in [0.2, 0.25) is 0 Å². The first-order valence-electron chi connectivity index (χ1n) is 13.6. The number of hydrogen-bond acceptors (Lipinski definition) is 8. The number of carboxylic acids is 1. The number of benzene rings is 1. The molecular formula is C29H43ClN4O5. The Balaban J connectivity index is 1.59. The fraction of sp³-hybridized carbons (Fsp3) is 0.655. The molecule has 9 nitrogen and oxygen atoms in total. The summed E-state index contributed by atoms with van der Waals surface area (Å²) < 4.78 is 11.6. The molecule has 1 heterocycles. The molecule has 0 unspecified atom stereocenters. The number of aliphatic carboxylic acids is 1. The summed E-state index contributed by atoms with van der Waals surface area (Å²) in [4.78, 5) is 15.1. The zero-order chi connectivity index (χ0) is 28.8. The zero-order valence-corrected chi connectivity index (χ0v) is 24.6. The van der Waals surface area contributed by atoms with Gasteiger partial charge < -0.3 is 29.9 Å². The molecule has 0 aromatic heterocycles. The number of hydrogen-bond donors (Lipinski definition) is 3. The normalized spacial score (nSPS) is 23.0. The van der Waals surface area contributed by atoms with Crippen molar-refractivity contribution < 1.29 is 24.5 Å². The molecule has 1 saturated heterocycles. The van der Waals surface area contributed by atoms with Crippen LogP contribution in [-0.2, 0) is 9.53 Å². The Bertz CT molecular complexity index is 1060. The molecule has 0 radical (unpaired) electrons. The Kier molecular flexibility index (Phi) is 10.7. The van der Waals surface area contributed by atoms with Crippen molar-refractivity contribution in [2.45, 2.75) is 53.2 Å². The van der Waals surface area contributed by atoms with E-state index in [9.17, 15) is 9.90 Å². The van der Waals surface area contributed by atoms with Gasteiger partial charge in [0.1, 0.15) is 24.5 Å². The highest BCUT2D eigenvalue weighted by Crippen LogP contribution is 2.55. The number of nitrogens with one attached hydrogen (secondary N) is 1. The van der Waals surface area contributed by atoms with Gasteiger partial charge in [0.15, 0.2) is 0 Å². The molecule has 2 aliphatic rings. The number of nitrogens with zero attached hydrogens (tertiary/aromatic N) is 3. The Morgan fingerprint density at radius 2 is 1.87 bits per heavy atom. The number of halogens is 1. The molecule has 3 N–H and O–H groups in total. The minimum absolute atomic E-state index is 0.00475. The van der Waals surface area contributed by atoms with Crippen molar-refractivity contribution in [3.05, 3.63) is 40.1 Å². The van der Waals surface area contributed by atoms with Gasteiger partial charge in [-0.25, -0.2) is 4.79 Å². The highest BCUT2D eigenvalue weighted by Gasteiger charge is 2.63. The van der Waals surface area contributed by atoms with Gasteiger partial charge in [-0.3, -0.25) is 4.90 Å². The van der Waals surface area contributed by atoms with Crippen molar-refractivity contribution in [1.82, 2.24) is 15.1 Å². The van der Waals surface area contributed by atoms with Gasteiger partial charge in [-0.15, -0.1) is 0 Å². The molecule has 39 heavy (non-hydrogen) atoms. The molecule has 0 atom stereocenters. The molecule has 1 aliphatic heterocycles. The first kappa shape index (κ1) is 31.2. The standard InChI is InChI=1S/C29H43ClN4O5/c1-6-20(24(18-35)34-11-9-33(10-12-34)13-14-38-19-25(36)37)17-32-26-28(2,3)27(29(26,4)5)39-22-8-7-21(16-31)23(30)15-22/h7-8,15,26-27,32,35H,6,9-14,17-19H2,1-5H3,(H,36,37)/b24-20+/t26-,27-. The predicted octanol–water partition coefficient (Wildman–Crippen LogP) is 3.36. The molecule has 1 aliphatic carbocycles. The second-order valence-electron chi connectivity index (χ2n) is 11.5. The van der Waals surface area contributed by atoms with E-state index >= 15 is 0 Å². The van der Waals surface area contributed by atoms with Crippen LogP contribution in [0, 0.1) is 22.2 Å². The first-order valence-corrected chi connectivity index (χ1v) is 14.0. The summed E-state index contributed by atoms with van der Waals surface area (Å²) in [6.07, 6.45) is 0.786. The summed E-state index contributed by atoms with van der Waals surface area (Å²) in [6, 6.07) is 7.46. The van der Waals surface area contributed by atoms with Gasteiger partial charge in [0.05, 0.1) is 23.8 Å². The van der Waals surface area contributed by atoms with Crippen LogP contribution in [-0.4, -0.2) is 97.2 Å². The molecule has 1 aromatic rings. The molecule has 0 amide bonds. The molecule has 0 bridgehead atoms. The number of aliphatic hydroxyl groups excluding tert-OH is 1. The Morgan fingerprint density at radius 3 is 2.41 bits per heavy atom. The molecule has 216 valence electrons. The highest BCUT2D eigenvalue weighted by molar-refractivity contribution is 6.31. The maximum Gasteiger partial charge on any atom is 0.329 e. The molecule has 0 spiro atoms. The number of aliphatic hydroxyl groups is 1. The van der Waals surface area contributed by atoms with Crippen LogP contribution >= 0.6 is 11.6 Å². The summed E-state index contributed by atoms with van der Waals surface area (Å²) in [5.41, 5.74) is 2.31. The van der Waals surface area contributed by atoms with Crippen LogP contribution < -0.4 is 10.1 Å². The van der Waals surface area contributed by atoms with E-state index in [2.05, 4.69) is 55.8 Å². The van der Waals surface area contributed by atoms with Crippen molar-refractivity contribution in [2.24, 2.45) is 10.8 Å². The van der Waals surface area contributed by atoms with E-state index in [4.69, 9.17) is 31.4 Å². The van der Waals surface area contributed by atoms with Gasteiger partial charge in [-0.1, -0.05) is 46.2 Å². The summed E-state index contributed by atoms with van der Waals surface area (Å²) in [5.74, 6) is -0.293. The topological polar surface area (TPSA) is 118 Å². The molecular weight excluding hydrogens is 520 g/mol. The van der Waals surface area contributed by atoms with Gasteiger partial charge >= 0.3 is 5.97 Å². The Labute approximate surface area is 237 Å². The van der Waals surface area contributed by atoms with E-state index in [0.29, 0.717) is 36.0 Å². The summed E-state index contributed by atoms with van der Waals surface area (Å²) >= 11 is 6.23. The molecule has 3 rings (SSSR count). The zero-order valence-electron chi connectivity index (χ0n) is 23.8. The van der Waals surface area contributed by atoms with Gasteiger partial charge in [-0.2, -0.15) is 5.26 Å². The van der Waals surface area contributed by atoms with Crippen molar-refractivity contribution in [3.63, 3.8) is 0 Å². The van der Waals surface area contributed by atoms with Gasteiger partial charge in [0, 0.05) is 67.9 Å². The molecule has 1 aromatic carbocycles. The van der Waals surface area contributed by atoms with Crippen molar-refractivity contribution in [3.8, 4) is 11.8 Å². The van der Waals surface area contributed by atoms with Crippen molar-refractivity contribution in [1.29, 1.82) is 5.26 Å². The maximum absolute atomic E-state index is 10.6. The van der Waals surface area contributed by atoms with Crippen molar-refractivity contribution in [2.75, 3.05) is 59.1 Å². The van der Waals surface area contributed by atoms with E-state index in [-0.39, 0.29) is 36.2 Å². The summed E-state index contributed by atoms with van der Waals surface area (Å²) in [6.45, 7) is 15.7. The van der Waals surface area contributed by atoms with Crippen LogP contribution in [0.15, 0.2) is 29.5 Å². The summed E-state index contributed by atoms with van der Waals surface area (Å²) in [7, 11) is 0. The Hall–Kier alpha value is -2.35. The average molecular weight is 563 g/mol. The van der Waals surface area contributed by atoms with E-state index in [1.807, 2.05) is 0 Å². The lowest BCUT2D eigenvalue weighted by Crippen LogP contribution is -2.74. The average Bonchev–Trinajstić information content (AvgIpc) is 2.89. The van der Waals surface area contributed by atoms with Crippen LogP contribution in [0.4, 0.5) is 0 Å². The minimum Gasteiger partial charge on any atom is -0.489 e. The number of ether oxygens (including phenoxy) is 2. The highest BCUT2D eigenvalue weighted by atomic mass is 35.5. The third kappa shape index (κ3) is 7.24. The fourth-order valence-electron chi connectivity index (χ4n) is 6.44. The van der Waals surface area contributed by atoms with Crippen LogP contribution in [0.5, 0.6) is 5.75 Å². The second-order valence-corrected chi connectivity index (χ2v) is 12.0. The number of carbonyl (C=O) groups is 1. The van der Waals surface area contributed by atoms with Crippen molar-refractivity contribution >= 4 is 17.6 Å².